The average Bonchev–Trinajstić information content (AvgIpc) is 2.41. The lowest BCUT2D eigenvalue weighted by Gasteiger charge is -2.21. The van der Waals surface area contributed by atoms with Crippen LogP contribution in [-0.4, -0.2) is 11.8 Å². The normalized spacial score (nSPS) is 20.6. The lowest BCUT2D eigenvalue weighted by Crippen LogP contribution is -2.28. The van der Waals surface area contributed by atoms with E-state index in [1.54, 1.807) is 0 Å². The Morgan fingerprint density at radius 1 is 1.44 bits per heavy atom. The van der Waals surface area contributed by atoms with Crippen molar-refractivity contribution in [2.45, 2.75) is 43.7 Å². The highest BCUT2D eigenvalue weighted by molar-refractivity contribution is 9.10. The maximum atomic E-state index is 3.67. The summed E-state index contributed by atoms with van der Waals surface area (Å²) in [5.74, 6) is 1.24. The number of nitrogens with one attached hydrogen (secondary N) is 1. The predicted octanol–water partition coefficient (Wildman–Crippen LogP) is 4.37. The lowest BCUT2D eigenvalue weighted by molar-refractivity contribution is 0.447. The quantitative estimate of drug-likeness (QED) is 0.870. The van der Waals surface area contributed by atoms with Gasteiger partial charge in [0, 0.05) is 21.5 Å². The minimum atomic E-state index is 0.516. The van der Waals surface area contributed by atoms with Crippen LogP contribution in [-0.2, 0) is 0 Å². The number of halogens is 1. The van der Waals surface area contributed by atoms with Gasteiger partial charge in [-0.25, -0.2) is 0 Å². The fourth-order valence-electron chi connectivity index (χ4n) is 2.12. The molecule has 88 valence electrons. The van der Waals surface area contributed by atoms with E-state index in [9.17, 15) is 0 Å². The Morgan fingerprint density at radius 3 is 3.00 bits per heavy atom. The fraction of sp³-hybridized carbons (Fsp3) is 0.538. The smallest absolute Gasteiger partial charge is 0.0334 e. The molecule has 1 N–H and O–H groups in total. The van der Waals surface area contributed by atoms with Crippen molar-refractivity contribution >= 4 is 27.7 Å². The summed E-state index contributed by atoms with van der Waals surface area (Å²) in [7, 11) is 0. The molecule has 1 aromatic rings. The number of thioether (sulfide) groups is 1. The first-order chi connectivity index (χ1) is 7.66. The maximum Gasteiger partial charge on any atom is 0.0334 e. The first-order valence-electron chi connectivity index (χ1n) is 5.85. The van der Waals surface area contributed by atoms with Crippen molar-refractivity contribution in [2.24, 2.45) is 0 Å². The largest absolute Gasteiger partial charge is 0.308 e. The zero-order chi connectivity index (χ0) is 11.5. The van der Waals surface area contributed by atoms with Gasteiger partial charge in [-0.05, 0) is 42.4 Å². The van der Waals surface area contributed by atoms with Crippen LogP contribution >= 0.6 is 27.7 Å². The monoisotopic (exact) mass is 299 g/mol. The molecule has 1 nitrogen and oxygen atoms in total. The molecule has 1 unspecified atom stereocenters. The standard InChI is InChI=1S/C13H18BrNS/c1-9(2)15-12-4-3-7-16-13-6-5-10(14)8-11(12)13/h5-6,8-9,12,15H,3-4,7H2,1-2H3. The summed E-state index contributed by atoms with van der Waals surface area (Å²) >= 11 is 5.56. The van der Waals surface area contributed by atoms with Crippen molar-refractivity contribution in [3.63, 3.8) is 0 Å². The number of hydrogen-bond donors (Lipinski definition) is 1. The van der Waals surface area contributed by atoms with Gasteiger partial charge in [-0.15, -0.1) is 11.8 Å². The predicted molar refractivity (Wildman–Crippen MR) is 75.1 cm³/mol. The molecular formula is C13H18BrNS. The highest BCUT2D eigenvalue weighted by Gasteiger charge is 2.19. The molecule has 1 aromatic carbocycles. The van der Waals surface area contributed by atoms with E-state index in [-0.39, 0.29) is 0 Å². The molecule has 0 bridgehead atoms. The molecule has 1 heterocycles. The summed E-state index contributed by atoms with van der Waals surface area (Å²) in [5.41, 5.74) is 1.46. The number of rotatable bonds is 2. The molecule has 0 aromatic heterocycles. The zero-order valence-electron chi connectivity index (χ0n) is 9.79. The van der Waals surface area contributed by atoms with Crippen molar-refractivity contribution in [1.29, 1.82) is 0 Å². The van der Waals surface area contributed by atoms with Gasteiger partial charge >= 0.3 is 0 Å². The van der Waals surface area contributed by atoms with Gasteiger partial charge in [-0.3, -0.25) is 0 Å². The van der Waals surface area contributed by atoms with Crippen LogP contribution in [0.25, 0.3) is 0 Å². The Labute approximate surface area is 111 Å². The van der Waals surface area contributed by atoms with Crippen LogP contribution in [0.15, 0.2) is 27.6 Å². The molecule has 0 saturated carbocycles. The van der Waals surface area contributed by atoms with E-state index in [0.717, 1.165) is 0 Å². The molecule has 0 fully saturated rings. The summed E-state index contributed by atoms with van der Waals surface area (Å²) in [6.07, 6.45) is 2.54. The second-order valence-corrected chi connectivity index (χ2v) is 6.60. The minimum Gasteiger partial charge on any atom is -0.308 e. The highest BCUT2D eigenvalue weighted by Crippen LogP contribution is 2.36. The Kier molecular flexibility index (Phi) is 4.34. The maximum absolute atomic E-state index is 3.67. The topological polar surface area (TPSA) is 12.0 Å². The van der Waals surface area contributed by atoms with Crippen LogP contribution in [0.4, 0.5) is 0 Å². The SMILES string of the molecule is CC(C)NC1CCCSc2ccc(Br)cc21. The third-order valence-electron chi connectivity index (χ3n) is 2.78. The number of hydrogen-bond acceptors (Lipinski definition) is 2. The van der Waals surface area contributed by atoms with Crippen LogP contribution < -0.4 is 5.32 Å². The lowest BCUT2D eigenvalue weighted by atomic mass is 10.0. The van der Waals surface area contributed by atoms with Crippen LogP contribution in [0.1, 0.15) is 38.3 Å². The van der Waals surface area contributed by atoms with Gasteiger partial charge in [-0.2, -0.15) is 0 Å². The second kappa shape index (κ2) is 5.56. The van der Waals surface area contributed by atoms with Crippen LogP contribution in [0.3, 0.4) is 0 Å². The molecule has 0 radical (unpaired) electrons. The molecule has 1 aliphatic heterocycles. The van der Waals surface area contributed by atoms with Crippen LogP contribution in [0.5, 0.6) is 0 Å². The molecule has 0 amide bonds. The van der Waals surface area contributed by atoms with E-state index < -0.39 is 0 Å². The number of benzene rings is 1. The van der Waals surface area contributed by atoms with Crippen LogP contribution in [0, 0.1) is 0 Å². The van der Waals surface area contributed by atoms with Gasteiger partial charge in [0.25, 0.3) is 0 Å². The van der Waals surface area contributed by atoms with Crippen LogP contribution in [0.2, 0.25) is 0 Å². The van der Waals surface area contributed by atoms with Gasteiger partial charge in [0.2, 0.25) is 0 Å². The van der Waals surface area contributed by atoms with Crippen molar-refractivity contribution < 1.29 is 0 Å². The Hall–Kier alpha value is 0.01000. The summed E-state index contributed by atoms with van der Waals surface area (Å²) in [6, 6.07) is 7.71. The van der Waals surface area contributed by atoms with Gasteiger partial charge in [-0.1, -0.05) is 29.8 Å². The molecule has 0 aliphatic carbocycles. The summed E-state index contributed by atoms with van der Waals surface area (Å²) in [4.78, 5) is 1.44. The second-order valence-electron chi connectivity index (χ2n) is 4.55. The Bertz CT molecular complexity index is 365. The van der Waals surface area contributed by atoms with Crippen molar-refractivity contribution in [3.05, 3.63) is 28.2 Å². The Balaban J connectivity index is 2.31. The van der Waals surface area contributed by atoms with Gasteiger partial charge in [0.1, 0.15) is 0 Å². The third kappa shape index (κ3) is 3.02. The van der Waals surface area contributed by atoms with Gasteiger partial charge in [0.05, 0.1) is 0 Å². The van der Waals surface area contributed by atoms with Gasteiger partial charge < -0.3 is 5.32 Å². The van der Waals surface area contributed by atoms with Crippen molar-refractivity contribution in [1.82, 2.24) is 5.32 Å². The van der Waals surface area contributed by atoms with Crippen molar-refractivity contribution in [3.8, 4) is 0 Å². The highest BCUT2D eigenvalue weighted by atomic mass is 79.9. The average molecular weight is 300 g/mol. The van der Waals surface area contributed by atoms with Gasteiger partial charge in [0.15, 0.2) is 0 Å². The fourth-order valence-corrected chi connectivity index (χ4v) is 3.57. The molecule has 3 heteroatoms. The first-order valence-corrected chi connectivity index (χ1v) is 7.63. The molecule has 2 rings (SSSR count). The van der Waals surface area contributed by atoms with E-state index in [2.05, 4.69) is 53.3 Å². The summed E-state index contributed by atoms with van der Waals surface area (Å²) in [5, 5.41) is 3.67. The Morgan fingerprint density at radius 2 is 2.25 bits per heavy atom. The van der Waals surface area contributed by atoms with E-state index in [1.165, 1.54) is 33.5 Å². The number of fused-ring (bicyclic) bond motifs is 1. The molecule has 0 spiro atoms. The zero-order valence-corrected chi connectivity index (χ0v) is 12.2. The third-order valence-corrected chi connectivity index (χ3v) is 4.45. The molecular weight excluding hydrogens is 282 g/mol. The summed E-state index contributed by atoms with van der Waals surface area (Å²) in [6.45, 7) is 4.44. The minimum absolute atomic E-state index is 0.516. The summed E-state index contributed by atoms with van der Waals surface area (Å²) < 4.78 is 1.18. The molecule has 0 saturated heterocycles. The van der Waals surface area contributed by atoms with E-state index in [4.69, 9.17) is 0 Å². The van der Waals surface area contributed by atoms with E-state index in [0.29, 0.717) is 12.1 Å². The molecule has 1 atom stereocenters. The van der Waals surface area contributed by atoms with E-state index in [1.807, 2.05) is 11.8 Å². The molecule has 16 heavy (non-hydrogen) atoms. The molecule has 1 aliphatic rings. The first kappa shape index (κ1) is 12.5. The van der Waals surface area contributed by atoms with Crippen molar-refractivity contribution in [2.75, 3.05) is 5.75 Å². The van der Waals surface area contributed by atoms with E-state index >= 15 is 0 Å².